The highest BCUT2D eigenvalue weighted by atomic mass is 79.9. The highest BCUT2D eigenvalue weighted by Gasteiger charge is 1.96. The summed E-state index contributed by atoms with van der Waals surface area (Å²) >= 11 is 3.24. The lowest BCUT2D eigenvalue weighted by Gasteiger charge is -1.95. The fourth-order valence-corrected chi connectivity index (χ4v) is 0.963. The highest BCUT2D eigenvalue weighted by Crippen LogP contribution is 2.25. The third-order valence-electron chi connectivity index (χ3n) is 1.11. The van der Waals surface area contributed by atoms with Crippen molar-refractivity contribution in [1.29, 1.82) is 0 Å². The third kappa shape index (κ3) is 1.28. The maximum absolute atomic E-state index is 6.71. The largest absolute Gasteiger partial charge is 0.407 e. The van der Waals surface area contributed by atoms with Gasteiger partial charge >= 0.3 is 0 Å². The summed E-state index contributed by atoms with van der Waals surface area (Å²) in [6, 6.07) is 5.21. The predicted molar refractivity (Wildman–Crippen MR) is 44.8 cm³/mol. The molecule has 0 aliphatic rings. The van der Waals surface area contributed by atoms with Gasteiger partial charge in [0.25, 0.3) is 0 Å². The van der Waals surface area contributed by atoms with Crippen LogP contribution in [0.4, 0.5) is 11.4 Å². The van der Waals surface area contributed by atoms with Crippen LogP contribution in [0.5, 0.6) is 0 Å². The molecular weight excluding hydrogens is 192 g/mol. The van der Waals surface area contributed by atoms with E-state index in [0.29, 0.717) is 11.4 Å². The van der Waals surface area contributed by atoms with Crippen LogP contribution in [0.1, 0.15) is 0 Å². The first-order valence-electron chi connectivity index (χ1n) is 2.66. The van der Waals surface area contributed by atoms with Crippen molar-refractivity contribution < 1.29 is 0 Å². The molecule has 0 saturated carbocycles. The molecule has 1 aromatic carbocycles. The first-order chi connectivity index (χ1) is 4.74. The molecule has 2 N–H and O–H groups in total. The van der Waals surface area contributed by atoms with Crippen molar-refractivity contribution in [3.05, 3.63) is 34.1 Å². The Morgan fingerprint density at radius 3 is 2.70 bits per heavy atom. The lowest BCUT2D eigenvalue weighted by Crippen LogP contribution is -1.82. The number of nitrogens with two attached hydrogens (primary N) is 1. The number of hydrogen-bond donors (Lipinski definition) is 1. The zero-order valence-corrected chi connectivity index (χ0v) is 6.72. The number of benzene rings is 1. The summed E-state index contributed by atoms with van der Waals surface area (Å²) in [6.07, 6.45) is 0. The predicted octanol–water partition coefficient (Wildman–Crippen LogP) is 2.58. The quantitative estimate of drug-likeness (QED) is 0.502. The molecule has 0 atom stereocenters. The van der Waals surface area contributed by atoms with E-state index < -0.39 is 0 Å². The molecule has 0 aromatic heterocycles. The van der Waals surface area contributed by atoms with Crippen molar-refractivity contribution in [3.8, 4) is 0 Å². The summed E-state index contributed by atoms with van der Waals surface area (Å²) in [5.74, 6) is 0. The Morgan fingerprint density at radius 1 is 1.50 bits per heavy atom. The van der Waals surface area contributed by atoms with Crippen molar-refractivity contribution in [2.45, 2.75) is 0 Å². The summed E-state index contributed by atoms with van der Waals surface area (Å²) in [6.45, 7) is 6.71. The molecule has 2 nitrogen and oxygen atoms in total. The highest BCUT2D eigenvalue weighted by molar-refractivity contribution is 9.10. The molecule has 0 fully saturated rings. The lowest BCUT2D eigenvalue weighted by atomic mass is 10.3. The number of hydrogen-bond acceptors (Lipinski definition) is 1. The molecule has 0 bridgehead atoms. The van der Waals surface area contributed by atoms with Gasteiger partial charge in [-0.25, -0.2) is 4.85 Å². The third-order valence-corrected chi connectivity index (χ3v) is 1.61. The SMILES string of the molecule is [C-]#[N+]c1cc(Br)ccc1N. The van der Waals surface area contributed by atoms with Crippen LogP contribution in [0.15, 0.2) is 22.7 Å². The molecule has 0 amide bonds. The zero-order chi connectivity index (χ0) is 7.56. The lowest BCUT2D eigenvalue weighted by molar-refractivity contribution is 1.65. The molecule has 0 aliphatic carbocycles. The molecule has 0 radical (unpaired) electrons. The van der Waals surface area contributed by atoms with Crippen molar-refractivity contribution in [1.82, 2.24) is 0 Å². The van der Waals surface area contributed by atoms with Crippen LogP contribution in [0.25, 0.3) is 4.85 Å². The fourth-order valence-electron chi connectivity index (χ4n) is 0.614. The Morgan fingerprint density at radius 2 is 2.20 bits per heavy atom. The minimum absolute atomic E-state index is 0.495. The van der Waals surface area contributed by atoms with E-state index in [9.17, 15) is 0 Å². The van der Waals surface area contributed by atoms with Crippen molar-refractivity contribution in [3.63, 3.8) is 0 Å². The van der Waals surface area contributed by atoms with Gasteiger partial charge < -0.3 is 5.73 Å². The van der Waals surface area contributed by atoms with E-state index in [2.05, 4.69) is 20.8 Å². The standard InChI is InChI=1S/C7H5BrN2/c1-10-7-4-5(8)2-3-6(7)9/h2-4H,9H2. The maximum Gasteiger partial charge on any atom is 0.210 e. The van der Waals surface area contributed by atoms with Crippen LogP contribution in [0, 0.1) is 6.57 Å². The number of nitrogen functional groups attached to an aromatic ring is 1. The summed E-state index contributed by atoms with van der Waals surface area (Å²) in [4.78, 5) is 3.23. The van der Waals surface area contributed by atoms with Gasteiger partial charge in [0.2, 0.25) is 5.69 Å². The number of rotatable bonds is 0. The van der Waals surface area contributed by atoms with Gasteiger partial charge in [-0.3, -0.25) is 0 Å². The molecule has 0 heterocycles. The number of nitrogens with zero attached hydrogens (tertiary/aromatic N) is 1. The monoisotopic (exact) mass is 196 g/mol. The molecule has 0 unspecified atom stereocenters. The van der Waals surface area contributed by atoms with E-state index >= 15 is 0 Å². The average molecular weight is 197 g/mol. The Hall–Kier alpha value is -1.01. The molecule has 0 spiro atoms. The van der Waals surface area contributed by atoms with Crippen molar-refractivity contribution in [2.24, 2.45) is 0 Å². The first-order valence-corrected chi connectivity index (χ1v) is 3.46. The Labute approximate surface area is 67.6 Å². The van der Waals surface area contributed by atoms with E-state index in [4.69, 9.17) is 12.3 Å². The second kappa shape index (κ2) is 2.72. The van der Waals surface area contributed by atoms with E-state index in [-0.39, 0.29) is 0 Å². The molecule has 3 heteroatoms. The minimum Gasteiger partial charge on any atom is -0.407 e. The number of halogens is 1. The molecular formula is C7H5BrN2. The van der Waals surface area contributed by atoms with Gasteiger partial charge in [0, 0.05) is 10.2 Å². The Bertz CT molecular complexity index is 288. The second-order valence-electron chi connectivity index (χ2n) is 1.81. The van der Waals surface area contributed by atoms with Crippen molar-refractivity contribution >= 4 is 27.3 Å². The normalized spacial score (nSPS) is 8.80. The van der Waals surface area contributed by atoms with E-state index in [1.807, 2.05) is 6.07 Å². The molecule has 1 aromatic rings. The smallest absolute Gasteiger partial charge is 0.210 e. The second-order valence-corrected chi connectivity index (χ2v) is 2.73. The topological polar surface area (TPSA) is 30.4 Å². The molecule has 0 aliphatic heterocycles. The molecule has 10 heavy (non-hydrogen) atoms. The molecule has 0 saturated heterocycles. The van der Waals surface area contributed by atoms with Gasteiger partial charge in [-0.1, -0.05) is 15.9 Å². The summed E-state index contributed by atoms with van der Waals surface area (Å²) in [7, 11) is 0. The van der Waals surface area contributed by atoms with Crippen molar-refractivity contribution in [2.75, 3.05) is 5.73 Å². The van der Waals surface area contributed by atoms with Crippen LogP contribution in [-0.2, 0) is 0 Å². The van der Waals surface area contributed by atoms with Gasteiger partial charge in [-0.05, 0) is 18.2 Å². The zero-order valence-electron chi connectivity index (χ0n) is 5.13. The molecule has 1 rings (SSSR count). The Balaban J connectivity index is 3.25. The van der Waals surface area contributed by atoms with Crippen LogP contribution in [0.3, 0.4) is 0 Å². The summed E-state index contributed by atoms with van der Waals surface area (Å²) in [5.41, 5.74) is 6.49. The Kier molecular flexibility index (Phi) is 1.93. The fraction of sp³-hybridized carbons (Fsp3) is 0. The van der Waals surface area contributed by atoms with Gasteiger partial charge in [-0.15, -0.1) is 0 Å². The minimum atomic E-state index is 0.495. The van der Waals surface area contributed by atoms with Crippen LogP contribution in [0.2, 0.25) is 0 Å². The summed E-state index contributed by atoms with van der Waals surface area (Å²) < 4.78 is 0.882. The first kappa shape index (κ1) is 7.10. The van der Waals surface area contributed by atoms with Crippen LogP contribution < -0.4 is 5.73 Å². The van der Waals surface area contributed by atoms with Gasteiger partial charge in [-0.2, -0.15) is 0 Å². The van der Waals surface area contributed by atoms with Crippen LogP contribution in [-0.4, -0.2) is 0 Å². The van der Waals surface area contributed by atoms with E-state index in [1.165, 1.54) is 0 Å². The van der Waals surface area contributed by atoms with Gasteiger partial charge in [0.05, 0.1) is 6.57 Å². The van der Waals surface area contributed by atoms with E-state index in [0.717, 1.165) is 4.47 Å². The maximum atomic E-state index is 6.71. The average Bonchev–Trinajstić information content (AvgIpc) is 1.94. The molecule has 50 valence electrons. The van der Waals surface area contributed by atoms with Gasteiger partial charge in [0.1, 0.15) is 0 Å². The summed E-state index contributed by atoms with van der Waals surface area (Å²) in [5, 5.41) is 0. The van der Waals surface area contributed by atoms with Gasteiger partial charge in [0.15, 0.2) is 0 Å². The van der Waals surface area contributed by atoms with Crippen LogP contribution >= 0.6 is 15.9 Å². The number of anilines is 1. The van der Waals surface area contributed by atoms with E-state index in [1.54, 1.807) is 12.1 Å².